The molecule has 0 atom stereocenters. The lowest BCUT2D eigenvalue weighted by Crippen LogP contribution is -2.18. The lowest BCUT2D eigenvalue weighted by Gasteiger charge is -2.26. The molecule has 5 heteroatoms. The number of nitrogens with one attached hydrogen (secondary N) is 2. The predicted molar refractivity (Wildman–Crippen MR) is 75.6 cm³/mol. The Hall–Kier alpha value is -1.52. The molecule has 2 rings (SSSR count). The minimum atomic E-state index is -0.244. The zero-order valence-corrected chi connectivity index (χ0v) is 11.7. The van der Waals surface area contributed by atoms with Crippen LogP contribution in [0.2, 0.25) is 0 Å². The number of methoxy groups -OCH3 is 1. The molecule has 0 bridgehead atoms. The highest BCUT2D eigenvalue weighted by Crippen LogP contribution is 2.30. The van der Waals surface area contributed by atoms with E-state index in [0.717, 1.165) is 24.8 Å². The van der Waals surface area contributed by atoms with E-state index in [2.05, 4.69) is 22.2 Å². The van der Waals surface area contributed by atoms with E-state index in [1.165, 1.54) is 39.1 Å². The van der Waals surface area contributed by atoms with Gasteiger partial charge in [0.15, 0.2) is 5.82 Å². The molecule has 1 saturated carbocycles. The van der Waals surface area contributed by atoms with Crippen molar-refractivity contribution >= 4 is 5.82 Å². The van der Waals surface area contributed by atoms with Gasteiger partial charge in [0.2, 0.25) is 5.75 Å². The van der Waals surface area contributed by atoms with E-state index in [-0.39, 0.29) is 11.3 Å². The van der Waals surface area contributed by atoms with Crippen molar-refractivity contribution in [1.82, 2.24) is 9.97 Å². The van der Waals surface area contributed by atoms with Gasteiger partial charge in [0, 0.05) is 6.54 Å². The Bertz CT molecular complexity index is 450. The summed E-state index contributed by atoms with van der Waals surface area (Å²) in [6, 6.07) is 0. The molecule has 5 nitrogen and oxygen atoms in total. The second kappa shape index (κ2) is 6.59. The highest BCUT2D eigenvalue weighted by Gasteiger charge is 2.18. The number of aromatic amines is 1. The molecule has 0 unspecified atom stereocenters. The van der Waals surface area contributed by atoms with Gasteiger partial charge >= 0.3 is 0 Å². The number of hydrogen-bond donors (Lipinski definition) is 2. The summed E-state index contributed by atoms with van der Waals surface area (Å²) < 4.78 is 5.06. The van der Waals surface area contributed by atoms with Crippen LogP contribution in [0.3, 0.4) is 0 Å². The minimum absolute atomic E-state index is 0.244. The largest absolute Gasteiger partial charge is 0.489 e. The average molecular weight is 265 g/mol. The second-order valence-corrected chi connectivity index (χ2v) is 5.45. The van der Waals surface area contributed by atoms with Crippen LogP contribution in [0.5, 0.6) is 5.75 Å². The van der Waals surface area contributed by atoms with Gasteiger partial charge in [-0.25, -0.2) is 4.98 Å². The number of H-pyrrole nitrogens is 1. The van der Waals surface area contributed by atoms with Gasteiger partial charge in [-0.3, -0.25) is 4.79 Å². The number of aromatic nitrogens is 2. The van der Waals surface area contributed by atoms with Gasteiger partial charge in [0.1, 0.15) is 0 Å². The van der Waals surface area contributed by atoms with Crippen molar-refractivity contribution in [1.29, 1.82) is 0 Å². The maximum atomic E-state index is 11.5. The first-order chi connectivity index (χ1) is 9.20. The van der Waals surface area contributed by atoms with E-state index in [1.807, 2.05) is 0 Å². The Balaban J connectivity index is 1.83. The molecule has 0 spiro atoms. The first-order valence-corrected chi connectivity index (χ1v) is 7.06. The standard InChI is InChI=1S/C14H23N3O2/c1-10-3-5-11(6-4-10)7-8-15-13-12(19-2)14(18)17-9-16-13/h9-11H,3-8H2,1-2H3,(H2,15,16,17,18). The smallest absolute Gasteiger partial charge is 0.295 e. The molecule has 1 aromatic rings. The summed E-state index contributed by atoms with van der Waals surface area (Å²) in [5, 5.41) is 3.21. The van der Waals surface area contributed by atoms with Crippen LogP contribution in [-0.4, -0.2) is 23.6 Å². The van der Waals surface area contributed by atoms with E-state index >= 15 is 0 Å². The van der Waals surface area contributed by atoms with E-state index in [0.29, 0.717) is 5.82 Å². The molecule has 106 valence electrons. The molecule has 0 aliphatic heterocycles. The third kappa shape index (κ3) is 3.72. The monoisotopic (exact) mass is 265 g/mol. The number of rotatable bonds is 5. The summed E-state index contributed by atoms with van der Waals surface area (Å²) >= 11 is 0. The summed E-state index contributed by atoms with van der Waals surface area (Å²) in [7, 11) is 1.49. The van der Waals surface area contributed by atoms with Gasteiger partial charge in [-0.2, -0.15) is 0 Å². The van der Waals surface area contributed by atoms with Crippen molar-refractivity contribution in [2.45, 2.75) is 39.0 Å². The minimum Gasteiger partial charge on any atom is -0.489 e. The van der Waals surface area contributed by atoms with Gasteiger partial charge in [0.25, 0.3) is 5.56 Å². The zero-order valence-electron chi connectivity index (χ0n) is 11.7. The molecule has 0 radical (unpaired) electrons. The van der Waals surface area contributed by atoms with Crippen molar-refractivity contribution in [2.75, 3.05) is 19.0 Å². The fraction of sp³-hybridized carbons (Fsp3) is 0.714. The van der Waals surface area contributed by atoms with Gasteiger partial charge in [-0.15, -0.1) is 0 Å². The van der Waals surface area contributed by atoms with Gasteiger partial charge in [0.05, 0.1) is 13.4 Å². The van der Waals surface area contributed by atoms with Crippen LogP contribution < -0.4 is 15.6 Å². The fourth-order valence-electron chi connectivity index (χ4n) is 2.71. The first-order valence-electron chi connectivity index (χ1n) is 7.06. The van der Waals surface area contributed by atoms with Crippen LogP contribution in [0.4, 0.5) is 5.82 Å². The van der Waals surface area contributed by atoms with Crippen LogP contribution in [0, 0.1) is 11.8 Å². The van der Waals surface area contributed by atoms with Crippen LogP contribution in [0.25, 0.3) is 0 Å². The molecule has 1 aliphatic carbocycles. The second-order valence-electron chi connectivity index (χ2n) is 5.45. The Kier molecular flexibility index (Phi) is 4.82. The van der Waals surface area contributed by atoms with E-state index in [9.17, 15) is 4.79 Å². The van der Waals surface area contributed by atoms with Crippen molar-refractivity contribution < 1.29 is 4.74 Å². The van der Waals surface area contributed by atoms with Gasteiger partial charge in [-0.1, -0.05) is 32.6 Å². The average Bonchev–Trinajstić information content (AvgIpc) is 2.41. The van der Waals surface area contributed by atoms with Crippen LogP contribution >= 0.6 is 0 Å². The number of hydrogen-bond acceptors (Lipinski definition) is 4. The third-order valence-corrected chi connectivity index (χ3v) is 4.00. The van der Waals surface area contributed by atoms with Crippen LogP contribution in [0.15, 0.2) is 11.1 Å². The third-order valence-electron chi connectivity index (χ3n) is 4.00. The topological polar surface area (TPSA) is 67.0 Å². The molecule has 1 fully saturated rings. The quantitative estimate of drug-likeness (QED) is 0.858. The lowest BCUT2D eigenvalue weighted by molar-refractivity contribution is 0.281. The summed E-state index contributed by atoms with van der Waals surface area (Å²) in [5.74, 6) is 2.49. The first kappa shape index (κ1) is 13.9. The molecule has 1 aromatic heterocycles. The lowest BCUT2D eigenvalue weighted by atomic mass is 9.81. The highest BCUT2D eigenvalue weighted by atomic mass is 16.5. The number of anilines is 1. The van der Waals surface area contributed by atoms with Crippen molar-refractivity contribution in [2.24, 2.45) is 11.8 Å². The van der Waals surface area contributed by atoms with Crippen molar-refractivity contribution in [3.8, 4) is 5.75 Å². The Labute approximate surface area is 113 Å². The predicted octanol–water partition coefficient (Wildman–Crippen LogP) is 2.41. The highest BCUT2D eigenvalue weighted by molar-refractivity contribution is 5.47. The van der Waals surface area contributed by atoms with Crippen molar-refractivity contribution in [3.05, 3.63) is 16.7 Å². The number of nitrogens with zero attached hydrogens (tertiary/aromatic N) is 1. The molecule has 1 heterocycles. The molecule has 0 aromatic carbocycles. The normalized spacial score (nSPS) is 23.1. The van der Waals surface area contributed by atoms with Gasteiger partial charge in [-0.05, 0) is 18.3 Å². The van der Waals surface area contributed by atoms with E-state index in [4.69, 9.17) is 4.74 Å². The van der Waals surface area contributed by atoms with Crippen LogP contribution in [0.1, 0.15) is 39.0 Å². The van der Waals surface area contributed by atoms with E-state index in [1.54, 1.807) is 0 Å². The maximum absolute atomic E-state index is 11.5. The van der Waals surface area contributed by atoms with Crippen LogP contribution in [-0.2, 0) is 0 Å². The van der Waals surface area contributed by atoms with Gasteiger partial charge < -0.3 is 15.0 Å². The molecule has 19 heavy (non-hydrogen) atoms. The summed E-state index contributed by atoms with van der Waals surface area (Å²) in [6.45, 7) is 3.17. The van der Waals surface area contributed by atoms with Crippen molar-refractivity contribution in [3.63, 3.8) is 0 Å². The summed E-state index contributed by atoms with van der Waals surface area (Å²) in [6.07, 6.45) is 7.86. The molecule has 1 aliphatic rings. The van der Waals surface area contributed by atoms with E-state index < -0.39 is 0 Å². The Morgan fingerprint density at radius 1 is 1.42 bits per heavy atom. The molecule has 2 N–H and O–H groups in total. The maximum Gasteiger partial charge on any atom is 0.295 e. The fourth-order valence-corrected chi connectivity index (χ4v) is 2.71. The SMILES string of the molecule is COc1c(NCCC2CCC(C)CC2)nc[nH]c1=O. The summed E-state index contributed by atoms with van der Waals surface area (Å²) in [4.78, 5) is 18.1. The molecule has 0 amide bonds. The Morgan fingerprint density at radius 2 is 2.16 bits per heavy atom. The number of ether oxygens (including phenoxy) is 1. The zero-order chi connectivity index (χ0) is 13.7. The Morgan fingerprint density at radius 3 is 2.84 bits per heavy atom. The molecular weight excluding hydrogens is 242 g/mol. The molecule has 0 saturated heterocycles. The molecular formula is C14H23N3O2. The summed E-state index contributed by atoms with van der Waals surface area (Å²) in [5.41, 5.74) is -0.244.